The second kappa shape index (κ2) is 4.51. The molecule has 0 spiro atoms. The average Bonchev–Trinajstić information content (AvgIpc) is 1.66. The Balaban J connectivity index is 2.82. The maximum Gasteiger partial charge on any atom is 0.329 e. The van der Waals surface area contributed by atoms with Crippen molar-refractivity contribution in [2.75, 3.05) is 13.4 Å². The van der Waals surface area contributed by atoms with Crippen molar-refractivity contribution >= 4 is 5.97 Å². The van der Waals surface area contributed by atoms with Crippen molar-refractivity contribution in [2.24, 2.45) is 5.90 Å². The molecule has 5 heteroatoms. The molecular weight excluding hydrogens is 114 g/mol. The van der Waals surface area contributed by atoms with Gasteiger partial charge in [0.15, 0.2) is 6.79 Å². The van der Waals surface area contributed by atoms with E-state index in [-0.39, 0.29) is 13.4 Å². The lowest BCUT2D eigenvalue weighted by molar-refractivity contribution is -0.148. The fourth-order valence-corrected chi connectivity index (χ4v) is 0.177. The summed E-state index contributed by atoms with van der Waals surface area (Å²) in [5, 5.41) is 7.92. The quantitative estimate of drug-likeness (QED) is 0.281. The monoisotopic (exact) mass is 121 g/mol. The fourth-order valence-electron chi connectivity index (χ4n) is 0.177. The van der Waals surface area contributed by atoms with Crippen LogP contribution in [0.3, 0.4) is 0 Å². The molecule has 0 aliphatic heterocycles. The highest BCUT2D eigenvalue weighted by Crippen LogP contribution is 1.70. The molecule has 0 saturated heterocycles. The van der Waals surface area contributed by atoms with Gasteiger partial charge in [0.2, 0.25) is 0 Å². The Labute approximate surface area is 45.9 Å². The molecule has 3 N–H and O–H groups in total. The lowest BCUT2D eigenvalue weighted by Gasteiger charge is -1.94. The van der Waals surface area contributed by atoms with E-state index in [4.69, 9.17) is 5.11 Å². The van der Waals surface area contributed by atoms with Crippen LogP contribution in [0.15, 0.2) is 0 Å². The number of carboxylic acid groups (broad SMARTS) is 1. The summed E-state index contributed by atoms with van der Waals surface area (Å²) in [7, 11) is 0. The predicted octanol–water partition coefficient (Wildman–Crippen LogP) is -1.06. The molecule has 0 unspecified atom stereocenters. The Bertz CT molecular complexity index is 73.7. The molecule has 0 heterocycles. The first kappa shape index (κ1) is 7.35. The van der Waals surface area contributed by atoms with E-state index in [9.17, 15) is 4.79 Å². The number of carboxylic acids is 1. The zero-order valence-corrected chi connectivity index (χ0v) is 4.16. The molecule has 0 saturated carbocycles. The van der Waals surface area contributed by atoms with Gasteiger partial charge in [-0.05, 0) is 0 Å². The molecule has 8 heavy (non-hydrogen) atoms. The van der Waals surface area contributed by atoms with Crippen molar-refractivity contribution in [3.05, 3.63) is 0 Å². The molecule has 48 valence electrons. The Hall–Kier alpha value is -0.650. The highest BCUT2D eigenvalue weighted by atomic mass is 16.7. The summed E-state index contributed by atoms with van der Waals surface area (Å²) in [5.41, 5.74) is 0. The molecule has 0 aromatic carbocycles. The number of nitrogens with two attached hydrogens (primary N) is 1. The minimum atomic E-state index is -1.04. The second-order valence-corrected chi connectivity index (χ2v) is 1.03. The Morgan fingerprint density at radius 1 is 1.75 bits per heavy atom. The lowest BCUT2D eigenvalue weighted by Crippen LogP contribution is -2.11. The van der Waals surface area contributed by atoms with Gasteiger partial charge in [-0.25, -0.2) is 10.7 Å². The van der Waals surface area contributed by atoms with Gasteiger partial charge in [-0.2, -0.15) is 0 Å². The van der Waals surface area contributed by atoms with E-state index in [2.05, 4.69) is 15.5 Å². The summed E-state index contributed by atoms with van der Waals surface area (Å²) in [6, 6.07) is 0. The van der Waals surface area contributed by atoms with Gasteiger partial charge < -0.3 is 9.84 Å². The maximum atomic E-state index is 9.65. The lowest BCUT2D eigenvalue weighted by atomic mass is 10.8. The molecular formula is C3H7NO4. The molecule has 0 atom stereocenters. The standard InChI is InChI=1S/C3H7NO4/c4-8-2-7-1-3(5)6/h1-2,4H2,(H,5,6). The zero-order valence-electron chi connectivity index (χ0n) is 4.16. The Morgan fingerprint density at radius 2 is 2.38 bits per heavy atom. The van der Waals surface area contributed by atoms with E-state index >= 15 is 0 Å². The summed E-state index contributed by atoms with van der Waals surface area (Å²) in [6.07, 6.45) is 0. The molecule has 0 bridgehead atoms. The van der Waals surface area contributed by atoms with E-state index in [1.165, 1.54) is 0 Å². The molecule has 0 aromatic rings. The summed E-state index contributed by atoms with van der Waals surface area (Å²) in [6.45, 7) is -0.566. The predicted molar refractivity (Wildman–Crippen MR) is 23.7 cm³/mol. The topological polar surface area (TPSA) is 81.8 Å². The van der Waals surface area contributed by atoms with Crippen molar-refractivity contribution < 1.29 is 19.5 Å². The van der Waals surface area contributed by atoms with Gasteiger partial charge in [0.05, 0.1) is 0 Å². The third-order valence-corrected chi connectivity index (χ3v) is 0.377. The minimum Gasteiger partial charge on any atom is -0.480 e. The van der Waals surface area contributed by atoms with Crippen molar-refractivity contribution in [1.82, 2.24) is 0 Å². The summed E-state index contributed by atoms with van der Waals surface area (Å²) in [5.74, 6) is 3.46. The largest absolute Gasteiger partial charge is 0.480 e. The van der Waals surface area contributed by atoms with Crippen LogP contribution in [0.1, 0.15) is 0 Å². The van der Waals surface area contributed by atoms with Crippen LogP contribution in [0, 0.1) is 0 Å². The molecule has 0 aliphatic carbocycles. The van der Waals surface area contributed by atoms with Crippen molar-refractivity contribution in [3.8, 4) is 0 Å². The van der Waals surface area contributed by atoms with Crippen LogP contribution in [0.2, 0.25) is 0 Å². The minimum absolute atomic E-state index is 0.188. The number of ether oxygens (including phenoxy) is 1. The van der Waals surface area contributed by atoms with Crippen LogP contribution in [-0.4, -0.2) is 24.5 Å². The molecule has 0 aromatic heterocycles. The van der Waals surface area contributed by atoms with Crippen molar-refractivity contribution in [1.29, 1.82) is 0 Å². The maximum absolute atomic E-state index is 9.65. The van der Waals surface area contributed by atoms with Gasteiger partial charge in [0, 0.05) is 0 Å². The van der Waals surface area contributed by atoms with Crippen LogP contribution in [0.5, 0.6) is 0 Å². The first-order valence-electron chi connectivity index (χ1n) is 1.88. The first-order valence-corrected chi connectivity index (χ1v) is 1.88. The van der Waals surface area contributed by atoms with Gasteiger partial charge in [0.25, 0.3) is 0 Å². The number of carbonyl (C=O) groups is 1. The van der Waals surface area contributed by atoms with Crippen LogP contribution >= 0.6 is 0 Å². The van der Waals surface area contributed by atoms with Crippen LogP contribution < -0.4 is 5.90 Å². The van der Waals surface area contributed by atoms with E-state index in [0.717, 1.165) is 0 Å². The summed E-state index contributed by atoms with van der Waals surface area (Å²) < 4.78 is 4.30. The highest BCUT2D eigenvalue weighted by Gasteiger charge is 1.92. The normalized spacial score (nSPS) is 9.12. The van der Waals surface area contributed by atoms with E-state index in [0.29, 0.717) is 0 Å². The number of hydrogen-bond donors (Lipinski definition) is 2. The fraction of sp³-hybridized carbons (Fsp3) is 0.667. The van der Waals surface area contributed by atoms with Gasteiger partial charge in [-0.3, -0.25) is 4.84 Å². The van der Waals surface area contributed by atoms with Gasteiger partial charge in [-0.15, -0.1) is 0 Å². The smallest absolute Gasteiger partial charge is 0.329 e. The van der Waals surface area contributed by atoms with Crippen LogP contribution in [-0.2, 0) is 14.4 Å². The molecule has 0 aliphatic rings. The third kappa shape index (κ3) is 5.35. The SMILES string of the molecule is NOCOCC(=O)O. The number of aliphatic carboxylic acids is 1. The van der Waals surface area contributed by atoms with Crippen LogP contribution in [0.4, 0.5) is 0 Å². The summed E-state index contributed by atoms with van der Waals surface area (Å²) >= 11 is 0. The Morgan fingerprint density at radius 3 is 2.75 bits per heavy atom. The van der Waals surface area contributed by atoms with Gasteiger partial charge >= 0.3 is 5.97 Å². The van der Waals surface area contributed by atoms with E-state index in [1.807, 2.05) is 0 Å². The molecule has 0 amide bonds. The molecule has 0 fully saturated rings. The molecule has 5 nitrogen and oxygen atoms in total. The van der Waals surface area contributed by atoms with Crippen LogP contribution in [0.25, 0.3) is 0 Å². The average molecular weight is 121 g/mol. The van der Waals surface area contributed by atoms with E-state index < -0.39 is 5.97 Å². The van der Waals surface area contributed by atoms with Crippen molar-refractivity contribution in [3.63, 3.8) is 0 Å². The van der Waals surface area contributed by atoms with Crippen molar-refractivity contribution in [2.45, 2.75) is 0 Å². The third-order valence-electron chi connectivity index (χ3n) is 0.377. The Kier molecular flexibility index (Phi) is 4.14. The van der Waals surface area contributed by atoms with E-state index in [1.54, 1.807) is 0 Å². The zero-order chi connectivity index (χ0) is 6.41. The highest BCUT2D eigenvalue weighted by molar-refractivity contribution is 5.67. The number of hydrogen-bond acceptors (Lipinski definition) is 4. The molecule has 0 radical (unpaired) electrons. The summed E-state index contributed by atoms with van der Waals surface area (Å²) in [4.78, 5) is 13.6. The molecule has 0 rings (SSSR count). The van der Waals surface area contributed by atoms with Gasteiger partial charge in [0.1, 0.15) is 6.61 Å². The second-order valence-electron chi connectivity index (χ2n) is 1.03. The van der Waals surface area contributed by atoms with Gasteiger partial charge in [-0.1, -0.05) is 0 Å². The number of rotatable bonds is 4. The first-order chi connectivity index (χ1) is 3.77.